The summed E-state index contributed by atoms with van der Waals surface area (Å²) in [6.07, 6.45) is 0.399. The molecule has 0 saturated heterocycles. The Kier molecular flexibility index (Phi) is 8.60. The van der Waals surface area contributed by atoms with Crippen LogP contribution in [0.4, 0.5) is 4.79 Å². The summed E-state index contributed by atoms with van der Waals surface area (Å²) < 4.78 is 15.7. The number of ether oxygens (including phenoxy) is 3. The van der Waals surface area contributed by atoms with Crippen molar-refractivity contribution in [3.8, 4) is 11.5 Å². The van der Waals surface area contributed by atoms with Gasteiger partial charge in [0, 0.05) is 19.0 Å². The van der Waals surface area contributed by atoms with E-state index in [4.69, 9.17) is 14.2 Å². The van der Waals surface area contributed by atoms with Crippen LogP contribution in [0.15, 0.2) is 24.3 Å². The molecule has 0 radical (unpaired) electrons. The molecule has 0 heterocycles. The van der Waals surface area contributed by atoms with Gasteiger partial charge >= 0.3 is 6.09 Å². The van der Waals surface area contributed by atoms with Gasteiger partial charge < -0.3 is 24.8 Å². The van der Waals surface area contributed by atoms with Gasteiger partial charge in [-0.1, -0.05) is 6.07 Å². The Morgan fingerprint density at radius 1 is 1.08 bits per heavy atom. The van der Waals surface area contributed by atoms with Crippen molar-refractivity contribution in [1.29, 1.82) is 0 Å². The van der Waals surface area contributed by atoms with Crippen LogP contribution in [0.1, 0.15) is 33.6 Å². The summed E-state index contributed by atoms with van der Waals surface area (Å²) in [6.45, 7) is 6.57. The van der Waals surface area contributed by atoms with Gasteiger partial charge in [-0.3, -0.25) is 4.79 Å². The number of carbonyl (C=O) groups is 2. The van der Waals surface area contributed by atoms with Crippen LogP contribution in [0.25, 0.3) is 0 Å². The highest BCUT2D eigenvalue weighted by Crippen LogP contribution is 2.18. The van der Waals surface area contributed by atoms with Gasteiger partial charge in [-0.15, -0.1) is 0 Å². The van der Waals surface area contributed by atoms with Gasteiger partial charge in [-0.05, 0) is 39.3 Å². The molecule has 1 aromatic carbocycles. The van der Waals surface area contributed by atoms with E-state index in [0.29, 0.717) is 38.3 Å². The van der Waals surface area contributed by atoms with Crippen LogP contribution in [0.3, 0.4) is 0 Å². The van der Waals surface area contributed by atoms with E-state index >= 15 is 0 Å². The fourth-order valence-electron chi connectivity index (χ4n) is 1.89. The molecule has 25 heavy (non-hydrogen) atoms. The highest BCUT2D eigenvalue weighted by molar-refractivity contribution is 5.75. The molecule has 0 aliphatic heterocycles. The van der Waals surface area contributed by atoms with Crippen molar-refractivity contribution in [3.63, 3.8) is 0 Å². The summed E-state index contributed by atoms with van der Waals surface area (Å²) in [5.41, 5.74) is -0.524. The summed E-state index contributed by atoms with van der Waals surface area (Å²) in [5.74, 6) is 1.33. The van der Waals surface area contributed by atoms with E-state index < -0.39 is 11.7 Å². The third kappa shape index (κ3) is 10.1. The Bertz CT molecular complexity index is 555. The summed E-state index contributed by atoms with van der Waals surface area (Å²) in [6, 6.07) is 7.28. The van der Waals surface area contributed by atoms with E-state index in [1.165, 1.54) is 0 Å². The zero-order valence-electron chi connectivity index (χ0n) is 15.4. The fourth-order valence-corrected chi connectivity index (χ4v) is 1.89. The maximum absolute atomic E-state index is 11.7. The topological polar surface area (TPSA) is 85.9 Å². The molecule has 0 bridgehead atoms. The minimum Gasteiger partial charge on any atom is -0.497 e. The van der Waals surface area contributed by atoms with Gasteiger partial charge in [0.25, 0.3) is 0 Å². The van der Waals surface area contributed by atoms with Crippen molar-refractivity contribution in [3.05, 3.63) is 24.3 Å². The Morgan fingerprint density at radius 3 is 2.48 bits per heavy atom. The number of methoxy groups -OCH3 is 1. The first kappa shape index (κ1) is 20.6. The molecule has 7 heteroatoms. The highest BCUT2D eigenvalue weighted by atomic mass is 16.6. The molecule has 0 unspecified atom stereocenters. The Balaban J connectivity index is 2.08. The molecule has 140 valence electrons. The number of hydrogen-bond donors (Lipinski definition) is 2. The molecule has 0 aromatic heterocycles. The molecule has 0 fully saturated rings. The molecule has 0 saturated carbocycles. The number of benzene rings is 1. The molecular formula is C18H28N2O5. The fraction of sp³-hybridized carbons (Fsp3) is 0.556. The van der Waals surface area contributed by atoms with Crippen LogP contribution >= 0.6 is 0 Å². The normalized spacial score (nSPS) is 10.7. The van der Waals surface area contributed by atoms with Gasteiger partial charge in [-0.2, -0.15) is 0 Å². The van der Waals surface area contributed by atoms with Crippen molar-refractivity contribution < 1.29 is 23.8 Å². The molecule has 0 atom stereocenters. The molecule has 1 aromatic rings. The van der Waals surface area contributed by atoms with E-state index in [9.17, 15) is 9.59 Å². The van der Waals surface area contributed by atoms with Crippen molar-refractivity contribution in [1.82, 2.24) is 10.6 Å². The molecule has 0 aliphatic carbocycles. The zero-order valence-corrected chi connectivity index (χ0v) is 15.4. The van der Waals surface area contributed by atoms with Crippen LogP contribution in [0.2, 0.25) is 0 Å². The molecule has 1 rings (SSSR count). The Labute approximate surface area is 149 Å². The molecule has 7 nitrogen and oxygen atoms in total. The van der Waals surface area contributed by atoms with Crippen LogP contribution in [0, 0.1) is 0 Å². The predicted octanol–water partition coefficient (Wildman–Crippen LogP) is 2.50. The first-order valence-corrected chi connectivity index (χ1v) is 8.30. The van der Waals surface area contributed by atoms with Crippen molar-refractivity contribution in [2.45, 2.75) is 39.2 Å². The van der Waals surface area contributed by atoms with E-state index in [1.54, 1.807) is 33.9 Å². The van der Waals surface area contributed by atoms with Crippen LogP contribution < -0.4 is 20.1 Å². The molecule has 2 amide bonds. The largest absolute Gasteiger partial charge is 0.497 e. The Morgan fingerprint density at radius 2 is 1.80 bits per heavy atom. The SMILES string of the molecule is COc1cccc(OCCNC(=O)CCCNC(=O)OC(C)(C)C)c1. The monoisotopic (exact) mass is 352 g/mol. The van der Waals surface area contributed by atoms with Gasteiger partial charge in [0.2, 0.25) is 5.91 Å². The number of nitrogens with one attached hydrogen (secondary N) is 2. The summed E-state index contributed by atoms with van der Waals surface area (Å²) in [7, 11) is 1.59. The third-order valence-corrected chi connectivity index (χ3v) is 2.98. The minimum atomic E-state index is -0.524. The average Bonchev–Trinajstić information content (AvgIpc) is 2.54. The Hall–Kier alpha value is -2.44. The average molecular weight is 352 g/mol. The maximum atomic E-state index is 11.7. The predicted molar refractivity (Wildman–Crippen MR) is 95.0 cm³/mol. The number of alkyl carbamates (subject to hydrolysis) is 1. The minimum absolute atomic E-state index is 0.0831. The van der Waals surface area contributed by atoms with Crippen molar-refractivity contribution in [2.75, 3.05) is 26.8 Å². The first-order valence-electron chi connectivity index (χ1n) is 8.30. The summed E-state index contributed by atoms with van der Waals surface area (Å²) >= 11 is 0. The lowest BCUT2D eigenvalue weighted by Crippen LogP contribution is -2.33. The smallest absolute Gasteiger partial charge is 0.407 e. The van der Waals surface area contributed by atoms with E-state index in [1.807, 2.05) is 18.2 Å². The van der Waals surface area contributed by atoms with Crippen molar-refractivity contribution >= 4 is 12.0 Å². The van der Waals surface area contributed by atoms with E-state index in [2.05, 4.69) is 10.6 Å². The van der Waals surface area contributed by atoms with Gasteiger partial charge in [-0.25, -0.2) is 4.79 Å². The molecule has 2 N–H and O–H groups in total. The van der Waals surface area contributed by atoms with E-state index in [0.717, 1.165) is 5.75 Å². The second-order valence-electron chi connectivity index (χ2n) is 6.41. The number of hydrogen-bond acceptors (Lipinski definition) is 5. The molecule has 0 aliphatic rings. The zero-order chi connectivity index (χ0) is 18.7. The molecule has 0 spiro atoms. The lowest BCUT2D eigenvalue weighted by Gasteiger charge is -2.19. The summed E-state index contributed by atoms with van der Waals surface area (Å²) in [4.78, 5) is 23.1. The van der Waals surface area contributed by atoms with Gasteiger partial charge in [0.05, 0.1) is 13.7 Å². The lowest BCUT2D eigenvalue weighted by atomic mass is 10.2. The van der Waals surface area contributed by atoms with Crippen molar-refractivity contribution in [2.24, 2.45) is 0 Å². The third-order valence-electron chi connectivity index (χ3n) is 2.98. The second kappa shape index (κ2) is 10.4. The van der Waals surface area contributed by atoms with Crippen LogP contribution in [-0.4, -0.2) is 44.4 Å². The maximum Gasteiger partial charge on any atom is 0.407 e. The number of rotatable bonds is 9. The van der Waals surface area contributed by atoms with Gasteiger partial charge in [0.1, 0.15) is 23.7 Å². The summed E-state index contributed by atoms with van der Waals surface area (Å²) in [5, 5.41) is 5.39. The molecular weight excluding hydrogens is 324 g/mol. The van der Waals surface area contributed by atoms with Gasteiger partial charge in [0.15, 0.2) is 0 Å². The quantitative estimate of drug-likeness (QED) is 0.667. The first-order chi connectivity index (χ1) is 11.8. The second-order valence-corrected chi connectivity index (χ2v) is 6.41. The highest BCUT2D eigenvalue weighted by Gasteiger charge is 2.15. The standard InChI is InChI=1S/C18H28N2O5/c1-18(2,3)25-17(22)20-10-6-9-16(21)19-11-12-24-15-8-5-7-14(13-15)23-4/h5,7-8,13H,6,9-12H2,1-4H3,(H,19,21)(H,20,22). The number of carbonyl (C=O) groups excluding carboxylic acids is 2. The lowest BCUT2D eigenvalue weighted by molar-refractivity contribution is -0.121. The van der Waals surface area contributed by atoms with Crippen LogP contribution in [-0.2, 0) is 9.53 Å². The number of amides is 2. The van der Waals surface area contributed by atoms with E-state index in [-0.39, 0.29) is 5.91 Å². The van der Waals surface area contributed by atoms with Crippen LogP contribution in [0.5, 0.6) is 11.5 Å².